The van der Waals surface area contributed by atoms with Gasteiger partial charge in [0.05, 0.1) is 0 Å². The second-order valence-electron chi connectivity index (χ2n) is 4.42. The summed E-state index contributed by atoms with van der Waals surface area (Å²) >= 11 is 1.63. The quantitative estimate of drug-likeness (QED) is 0.686. The maximum absolute atomic E-state index is 2.48. The van der Waals surface area contributed by atoms with Crippen LogP contribution in [0.1, 0.15) is 39.2 Å². The van der Waals surface area contributed by atoms with Gasteiger partial charge in [-0.25, -0.2) is 0 Å². The van der Waals surface area contributed by atoms with Crippen LogP contribution in [-0.4, -0.2) is 0 Å². The molecule has 0 fully saturated rings. The molecule has 2 aliphatic carbocycles. The Hall–Kier alpha value is 0.133. The van der Waals surface area contributed by atoms with E-state index < -0.39 is 0 Å². The average Bonchev–Trinajstić information content (AvgIpc) is 2.70. The van der Waals surface area contributed by atoms with Gasteiger partial charge in [-0.05, 0) is 0 Å². The van der Waals surface area contributed by atoms with Gasteiger partial charge in [0.15, 0.2) is 0 Å². The minimum atomic E-state index is 0. The summed E-state index contributed by atoms with van der Waals surface area (Å²) < 4.78 is 0.739. The van der Waals surface area contributed by atoms with Crippen molar-refractivity contribution < 1.29 is 24.7 Å². The summed E-state index contributed by atoms with van der Waals surface area (Å²) in [5, 5.41) is 0. The van der Waals surface area contributed by atoms with E-state index in [1.807, 2.05) is 0 Å². The molecule has 1 atom stereocenters. The summed E-state index contributed by atoms with van der Waals surface area (Å²) in [6, 6.07) is 4.91. The van der Waals surface area contributed by atoms with E-state index in [4.69, 9.17) is 0 Å². The van der Waals surface area contributed by atoms with Gasteiger partial charge < -0.3 is 0 Å². The Morgan fingerprint density at radius 2 is 1.87 bits per heavy atom. The fraction of sp³-hybridized carbons (Fsp3) is 0.385. The van der Waals surface area contributed by atoms with E-state index in [0.29, 0.717) is 0 Å². The zero-order chi connectivity index (χ0) is 9.71. The first-order valence-corrected chi connectivity index (χ1v) is 6.72. The molecule has 0 aromatic heterocycles. The van der Waals surface area contributed by atoms with Crippen LogP contribution in [0, 0.1) is 0 Å². The summed E-state index contributed by atoms with van der Waals surface area (Å²) in [4.78, 5) is 0. The normalized spacial score (nSPS) is 21.6. The molecule has 1 aromatic rings. The van der Waals surface area contributed by atoms with Gasteiger partial charge in [-0.3, -0.25) is 0 Å². The first-order chi connectivity index (χ1) is 6.75. The van der Waals surface area contributed by atoms with Crippen molar-refractivity contribution in [2.75, 3.05) is 0 Å². The summed E-state index contributed by atoms with van der Waals surface area (Å²) in [6.45, 7) is 2.27. The summed E-state index contributed by atoms with van der Waals surface area (Å²) in [6.07, 6.45) is 6.36. The van der Waals surface area contributed by atoms with Gasteiger partial charge >= 0.3 is 101 Å². The van der Waals surface area contributed by atoms with E-state index in [0.717, 1.165) is 3.63 Å². The van der Waals surface area contributed by atoms with Crippen LogP contribution in [0.2, 0.25) is 0 Å². The Labute approximate surface area is 112 Å². The Bertz CT molecular complexity index is 434. The van der Waals surface area contributed by atoms with E-state index in [-0.39, 0.29) is 12.4 Å². The van der Waals surface area contributed by atoms with Crippen LogP contribution >= 0.6 is 12.4 Å². The van der Waals surface area contributed by atoms with Crippen LogP contribution in [0.3, 0.4) is 0 Å². The smallest absolute Gasteiger partial charge is 0.147 e. The zero-order valence-corrected chi connectivity index (χ0v) is 12.1. The fourth-order valence-corrected chi connectivity index (χ4v) is 3.43. The van der Waals surface area contributed by atoms with E-state index in [1.165, 1.54) is 24.8 Å². The van der Waals surface area contributed by atoms with Crippen molar-refractivity contribution in [1.82, 2.24) is 0 Å². The number of aryl methyl sites for hydroxylation is 2. The molecule has 0 amide bonds. The molecule has 2 aliphatic rings. The Morgan fingerprint density at radius 1 is 1.20 bits per heavy atom. The van der Waals surface area contributed by atoms with E-state index in [2.05, 4.69) is 25.1 Å². The van der Waals surface area contributed by atoms with Crippen LogP contribution < -0.4 is 0 Å². The van der Waals surface area contributed by atoms with Crippen molar-refractivity contribution in [2.24, 2.45) is 0 Å². The minimum Gasteiger partial charge on any atom is -0.147 e. The zero-order valence-electron chi connectivity index (χ0n) is 8.84. The number of fused-ring (bicyclic) bond motifs is 2. The predicted octanol–water partition coefficient (Wildman–Crippen LogP) is 3.60. The molecule has 1 unspecified atom stereocenters. The van der Waals surface area contributed by atoms with Crippen molar-refractivity contribution in [3.63, 3.8) is 0 Å². The van der Waals surface area contributed by atoms with Gasteiger partial charge in [-0.15, -0.1) is 12.4 Å². The molecule has 0 spiro atoms. The van der Waals surface area contributed by atoms with Gasteiger partial charge in [-0.2, -0.15) is 0 Å². The van der Waals surface area contributed by atoms with E-state index in [1.54, 1.807) is 47.0 Å². The van der Waals surface area contributed by atoms with Crippen molar-refractivity contribution >= 4 is 18.5 Å². The van der Waals surface area contributed by atoms with Crippen LogP contribution in [0.15, 0.2) is 17.7 Å². The van der Waals surface area contributed by atoms with Crippen molar-refractivity contribution in [3.05, 3.63) is 40.0 Å². The second kappa shape index (κ2) is 4.19. The third-order valence-corrected chi connectivity index (χ3v) is 5.33. The maximum atomic E-state index is 2.48. The molecule has 77 valence electrons. The number of halogens is 1. The van der Waals surface area contributed by atoms with Crippen molar-refractivity contribution in [2.45, 2.75) is 29.8 Å². The van der Waals surface area contributed by atoms with Gasteiger partial charge in [0.1, 0.15) is 0 Å². The first kappa shape index (κ1) is 11.6. The molecule has 0 aliphatic heterocycles. The average molecular weight is 297 g/mol. The number of allylic oxidation sites excluding steroid dienone is 1. The topological polar surface area (TPSA) is 0 Å². The monoisotopic (exact) mass is 295 g/mol. The molecule has 1 aromatic carbocycles. The molecule has 0 radical (unpaired) electrons. The molecule has 0 N–H and O–H groups in total. The summed E-state index contributed by atoms with van der Waals surface area (Å²) in [5.41, 5.74) is 7.89. The molecule has 0 saturated carbocycles. The largest absolute Gasteiger partial charge is 0.147 e. The molecule has 15 heavy (non-hydrogen) atoms. The minimum absolute atomic E-state index is 0. The number of hydrogen-bond donors (Lipinski definition) is 0. The van der Waals surface area contributed by atoms with Crippen LogP contribution in [-0.2, 0) is 37.6 Å². The molecular weight excluding hydrogens is 283 g/mol. The predicted molar refractivity (Wildman–Crippen MR) is 62.1 cm³/mol. The second-order valence-corrected chi connectivity index (χ2v) is 5.84. The standard InChI is InChI=1S/C13H13.ClH.Zr/c1-9-5-12-7-10-3-2-4-11(10)8-13(12)6-9;;/h5-8H,2-4H2,1H3;1H;. The third-order valence-electron chi connectivity index (χ3n) is 3.45. The molecule has 0 bridgehead atoms. The van der Waals surface area contributed by atoms with E-state index >= 15 is 0 Å². The van der Waals surface area contributed by atoms with Gasteiger partial charge in [0.2, 0.25) is 0 Å². The van der Waals surface area contributed by atoms with Crippen LogP contribution in [0.25, 0.3) is 6.08 Å². The Kier molecular flexibility index (Phi) is 3.24. The summed E-state index contributed by atoms with van der Waals surface area (Å²) in [7, 11) is 0. The van der Waals surface area contributed by atoms with Crippen LogP contribution in [0.5, 0.6) is 0 Å². The molecule has 0 nitrogen and oxygen atoms in total. The summed E-state index contributed by atoms with van der Waals surface area (Å²) in [5.74, 6) is 0. The molecule has 3 rings (SSSR count). The number of benzene rings is 1. The number of hydrogen-bond acceptors (Lipinski definition) is 0. The molecule has 0 heterocycles. The van der Waals surface area contributed by atoms with Crippen molar-refractivity contribution in [3.8, 4) is 0 Å². The fourth-order valence-electron chi connectivity index (χ4n) is 2.61. The van der Waals surface area contributed by atoms with E-state index in [9.17, 15) is 0 Å². The Balaban J connectivity index is 0.000000853. The van der Waals surface area contributed by atoms with Crippen molar-refractivity contribution in [1.29, 1.82) is 0 Å². The molecule has 2 heteroatoms. The third kappa shape index (κ3) is 1.79. The first-order valence-electron chi connectivity index (χ1n) is 5.31. The van der Waals surface area contributed by atoms with Gasteiger partial charge in [0.25, 0.3) is 0 Å². The molecular formula is C13H14ClZr. The molecule has 0 saturated heterocycles. The van der Waals surface area contributed by atoms with Gasteiger partial charge in [0, 0.05) is 0 Å². The Morgan fingerprint density at radius 3 is 2.60 bits per heavy atom. The maximum Gasteiger partial charge on any atom is -0.147 e. The SMILES string of the molecule is CC1=Cc2cc3c(cc2[CH]1[Zr])CCC3.Cl. The van der Waals surface area contributed by atoms with Gasteiger partial charge in [-0.1, -0.05) is 0 Å². The van der Waals surface area contributed by atoms with Crippen LogP contribution in [0.4, 0.5) is 0 Å². The number of rotatable bonds is 0.